The van der Waals surface area contributed by atoms with Crippen molar-refractivity contribution >= 4 is 11.9 Å². The molecule has 0 saturated heterocycles. The van der Waals surface area contributed by atoms with Gasteiger partial charge in [0.05, 0.1) is 25.3 Å². The van der Waals surface area contributed by atoms with E-state index < -0.39 is 12.0 Å². The molecule has 1 rings (SSSR count). The van der Waals surface area contributed by atoms with Crippen LogP contribution in [0.15, 0.2) is 6.20 Å². The fourth-order valence-corrected chi connectivity index (χ4v) is 2.35. The van der Waals surface area contributed by atoms with E-state index in [0.29, 0.717) is 19.6 Å². The number of aryl methyl sites for hydroxylation is 2. The molecule has 0 aliphatic rings. The predicted octanol–water partition coefficient (Wildman–Crippen LogP) is 3.37. The molecule has 0 fully saturated rings. The Labute approximate surface area is 144 Å². The van der Waals surface area contributed by atoms with Crippen molar-refractivity contribution in [3.05, 3.63) is 17.7 Å². The molecular weight excluding hydrogens is 308 g/mol. The number of hydrogen-bond donors (Lipinski definition) is 0. The summed E-state index contributed by atoms with van der Waals surface area (Å²) in [6.07, 6.45) is 5.97. The van der Waals surface area contributed by atoms with Gasteiger partial charge in [0.1, 0.15) is 11.9 Å². The van der Waals surface area contributed by atoms with Gasteiger partial charge in [-0.1, -0.05) is 33.6 Å². The number of nitrogens with zero attached hydrogens (tertiary/aromatic N) is 2. The molecule has 6 nitrogen and oxygen atoms in total. The number of imidazole rings is 1. The van der Waals surface area contributed by atoms with Crippen molar-refractivity contribution in [1.82, 2.24) is 9.55 Å². The van der Waals surface area contributed by atoms with E-state index in [0.717, 1.165) is 37.2 Å². The number of carbonyl (C=O) groups is 2. The second-order valence-corrected chi connectivity index (χ2v) is 5.87. The highest BCUT2D eigenvalue weighted by Gasteiger charge is 2.28. The molecule has 0 radical (unpaired) electrons. The summed E-state index contributed by atoms with van der Waals surface area (Å²) in [6.45, 7) is 8.66. The van der Waals surface area contributed by atoms with Gasteiger partial charge in [0.15, 0.2) is 0 Å². The van der Waals surface area contributed by atoms with Crippen LogP contribution in [-0.4, -0.2) is 34.7 Å². The molecule has 1 heterocycles. The predicted molar refractivity (Wildman–Crippen MR) is 91.7 cm³/mol. The van der Waals surface area contributed by atoms with Gasteiger partial charge in [-0.15, -0.1) is 0 Å². The normalized spacial score (nSPS) is 12.0. The molecule has 0 aliphatic carbocycles. The lowest BCUT2D eigenvalue weighted by molar-refractivity contribution is -0.154. The third kappa shape index (κ3) is 6.34. The number of aromatic nitrogens is 2. The van der Waals surface area contributed by atoms with Crippen LogP contribution in [0.3, 0.4) is 0 Å². The third-order valence-electron chi connectivity index (χ3n) is 3.72. The molecule has 6 heteroatoms. The minimum Gasteiger partial charge on any atom is -0.466 e. The first-order valence-corrected chi connectivity index (χ1v) is 8.90. The van der Waals surface area contributed by atoms with Gasteiger partial charge >= 0.3 is 11.9 Å². The van der Waals surface area contributed by atoms with Gasteiger partial charge in [-0.05, 0) is 19.8 Å². The van der Waals surface area contributed by atoms with E-state index in [-0.39, 0.29) is 12.4 Å². The maximum atomic E-state index is 12.5. The van der Waals surface area contributed by atoms with Crippen molar-refractivity contribution in [2.45, 2.75) is 72.3 Å². The highest BCUT2D eigenvalue weighted by Crippen LogP contribution is 2.19. The summed E-state index contributed by atoms with van der Waals surface area (Å²) in [5.74, 6) is -0.0106. The quantitative estimate of drug-likeness (QED) is 0.457. The number of esters is 2. The molecule has 0 amide bonds. The smallest absolute Gasteiger partial charge is 0.329 e. The topological polar surface area (TPSA) is 70.4 Å². The Kier molecular flexibility index (Phi) is 9.12. The highest BCUT2D eigenvalue weighted by molar-refractivity contribution is 5.81. The standard InChI is InChI=1S/C18H30N2O4/c1-5-8-10-23-17(21)12-15(18(22)24-11-9-6-2)20-13-14(4)19-16(20)7-3/h13,15H,5-12H2,1-4H3. The summed E-state index contributed by atoms with van der Waals surface area (Å²) in [5.41, 5.74) is 0.817. The van der Waals surface area contributed by atoms with Crippen LogP contribution >= 0.6 is 0 Å². The molecular formula is C18H30N2O4. The zero-order chi connectivity index (χ0) is 17.9. The molecule has 0 saturated carbocycles. The largest absolute Gasteiger partial charge is 0.466 e. The Bertz CT molecular complexity index is 525. The summed E-state index contributed by atoms with van der Waals surface area (Å²) in [6, 6.07) is -0.716. The Morgan fingerprint density at radius 3 is 2.33 bits per heavy atom. The summed E-state index contributed by atoms with van der Waals surface area (Å²) >= 11 is 0. The van der Waals surface area contributed by atoms with Gasteiger partial charge < -0.3 is 14.0 Å². The Morgan fingerprint density at radius 2 is 1.75 bits per heavy atom. The van der Waals surface area contributed by atoms with Crippen LogP contribution in [0.2, 0.25) is 0 Å². The number of hydrogen-bond acceptors (Lipinski definition) is 5. The molecule has 1 aromatic heterocycles. The fraction of sp³-hybridized carbons (Fsp3) is 0.722. The van der Waals surface area contributed by atoms with Crippen molar-refractivity contribution in [2.24, 2.45) is 0 Å². The second-order valence-electron chi connectivity index (χ2n) is 5.87. The molecule has 1 atom stereocenters. The van der Waals surface area contributed by atoms with Gasteiger partial charge in [0.2, 0.25) is 0 Å². The molecule has 0 bridgehead atoms. The van der Waals surface area contributed by atoms with Crippen LogP contribution in [0.1, 0.15) is 70.4 Å². The summed E-state index contributed by atoms with van der Waals surface area (Å²) in [7, 11) is 0. The maximum Gasteiger partial charge on any atom is 0.329 e. The first-order chi connectivity index (χ1) is 11.5. The van der Waals surface area contributed by atoms with Crippen molar-refractivity contribution < 1.29 is 19.1 Å². The van der Waals surface area contributed by atoms with Crippen LogP contribution in [0.25, 0.3) is 0 Å². The second kappa shape index (κ2) is 10.8. The Hall–Kier alpha value is -1.85. The van der Waals surface area contributed by atoms with E-state index in [1.54, 1.807) is 10.8 Å². The van der Waals surface area contributed by atoms with Crippen LogP contribution in [0.4, 0.5) is 0 Å². The summed E-state index contributed by atoms with van der Waals surface area (Å²) in [5, 5.41) is 0. The Balaban J connectivity index is 2.86. The zero-order valence-corrected chi connectivity index (χ0v) is 15.3. The van der Waals surface area contributed by atoms with Crippen LogP contribution in [-0.2, 0) is 25.5 Å². The lowest BCUT2D eigenvalue weighted by Gasteiger charge is -2.19. The van der Waals surface area contributed by atoms with E-state index >= 15 is 0 Å². The number of carbonyl (C=O) groups excluding carboxylic acids is 2. The van der Waals surface area contributed by atoms with E-state index in [9.17, 15) is 9.59 Å². The lowest BCUT2D eigenvalue weighted by Crippen LogP contribution is -2.27. The van der Waals surface area contributed by atoms with E-state index in [2.05, 4.69) is 4.98 Å². The SMILES string of the molecule is CCCCOC(=O)CC(C(=O)OCCCC)n1cc(C)nc1CC. The monoisotopic (exact) mass is 338 g/mol. The molecule has 0 N–H and O–H groups in total. The molecule has 136 valence electrons. The van der Waals surface area contributed by atoms with Crippen LogP contribution in [0.5, 0.6) is 0 Å². The van der Waals surface area contributed by atoms with Gasteiger partial charge in [-0.25, -0.2) is 9.78 Å². The average Bonchev–Trinajstić information content (AvgIpc) is 2.93. The van der Waals surface area contributed by atoms with Gasteiger partial charge in [-0.2, -0.15) is 0 Å². The van der Waals surface area contributed by atoms with Gasteiger partial charge in [0.25, 0.3) is 0 Å². The zero-order valence-electron chi connectivity index (χ0n) is 15.3. The van der Waals surface area contributed by atoms with Gasteiger partial charge in [0, 0.05) is 12.6 Å². The average molecular weight is 338 g/mol. The van der Waals surface area contributed by atoms with E-state index in [1.807, 2.05) is 27.7 Å². The molecule has 1 aromatic rings. The fourth-order valence-electron chi connectivity index (χ4n) is 2.35. The first kappa shape index (κ1) is 20.2. The minimum atomic E-state index is -0.716. The van der Waals surface area contributed by atoms with E-state index in [4.69, 9.17) is 9.47 Å². The number of unbranched alkanes of at least 4 members (excludes halogenated alkanes) is 2. The van der Waals surface area contributed by atoms with Crippen LogP contribution < -0.4 is 0 Å². The summed E-state index contributed by atoms with van der Waals surface area (Å²) in [4.78, 5) is 29.0. The Morgan fingerprint density at radius 1 is 1.12 bits per heavy atom. The summed E-state index contributed by atoms with van der Waals surface area (Å²) < 4.78 is 12.3. The van der Waals surface area contributed by atoms with E-state index in [1.165, 1.54) is 0 Å². The van der Waals surface area contributed by atoms with Crippen molar-refractivity contribution in [3.8, 4) is 0 Å². The molecule has 0 aliphatic heterocycles. The molecule has 0 spiro atoms. The molecule has 0 aromatic carbocycles. The van der Waals surface area contributed by atoms with Crippen molar-refractivity contribution in [2.75, 3.05) is 13.2 Å². The first-order valence-electron chi connectivity index (χ1n) is 8.90. The molecule has 24 heavy (non-hydrogen) atoms. The van der Waals surface area contributed by atoms with Crippen molar-refractivity contribution in [1.29, 1.82) is 0 Å². The molecule has 1 unspecified atom stereocenters. The van der Waals surface area contributed by atoms with Gasteiger partial charge in [-0.3, -0.25) is 4.79 Å². The third-order valence-corrected chi connectivity index (χ3v) is 3.72. The lowest BCUT2D eigenvalue weighted by atomic mass is 10.2. The highest BCUT2D eigenvalue weighted by atomic mass is 16.5. The van der Waals surface area contributed by atoms with Crippen molar-refractivity contribution in [3.63, 3.8) is 0 Å². The number of ether oxygens (including phenoxy) is 2. The number of rotatable bonds is 11. The maximum absolute atomic E-state index is 12.5. The minimum absolute atomic E-state index is 0.0303. The van der Waals surface area contributed by atoms with Crippen LogP contribution in [0, 0.1) is 6.92 Å².